The molecule has 0 bridgehead atoms. The first-order chi connectivity index (χ1) is 14.0. The van der Waals surface area contributed by atoms with Gasteiger partial charge in [0.2, 0.25) is 0 Å². The van der Waals surface area contributed by atoms with E-state index >= 15 is 0 Å². The summed E-state index contributed by atoms with van der Waals surface area (Å²) < 4.78 is 0.513. The minimum absolute atomic E-state index is 0.122. The van der Waals surface area contributed by atoms with E-state index in [1.54, 1.807) is 0 Å². The topological polar surface area (TPSA) is 58.4 Å². The molecule has 2 fully saturated rings. The lowest BCUT2D eigenvalue weighted by atomic mass is 9.94. The molecule has 0 saturated carbocycles. The van der Waals surface area contributed by atoms with Gasteiger partial charge in [-0.3, -0.25) is 4.79 Å². The molecule has 3 N–H and O–H groups in total. The van der Waals surface area contributed by atoms with Crippen molar-refractivity contribution in [3.63, 3.8) is 0 Å². The normalized spacial score (nSPS) is 23.5. The number of piperidine rings is 1. The first-order valence-electron chi connectivity index (χ1n) is 10.0. The van der Waals surface area contributed by atoms with Crippen LogP contribution in [0.3, 0.4) is 0 Å². The quantitative estimate of drug-likeness (QED) is 0.558. The van der Waals surface area contributed by atoms with Crippen LogP contribution in [0.1, 0.15) is 31.7 Å². The summed E-state index contributed by atoms with van der Waals surface area (Å²) >= 11 is 6.35. The highest BCUT2D eigenvalue weighted by atomic mass is 32.2. The fraction of sp³-hybridized carbons (Fsp3) is 0.304. The molecule has 4 rings (SSSR count). The van der Waals surface area contributed by atoms with Gasteiger partial charge in [-0.1, -0.05) is 67.3 Å². The molecule has 29 heavy (non-hydrogen) atoms. The third kappa shape index (κ3) is 4.55. The van der Waals surface area contributed by atoms with Gasteiger partial charge in [0.25, 0.3) is 5.91 Å². The highest BCUT2D eigenvalue weighted by Crippen LogP contribution is 2.31. The molecule has 2 aromatic carbocycles. The van der Waals surface area contributed by atoms with Crippen molar-refractivity contribution in [1.29, 1.82) is 0 Å². The number of anilines is 1. The standard InChI is InChI=1S/C23H25N3OS2/c1-2-19-14-18(24)10-11-26(19)20-5-3-4-17(13-20)16-8-6-15(7-9-16)12-21-22(27)25-23(28)29-21/h3-9,12-13,18-19H,2,10-11,14,24H2,1H3,(H,25,27,28)/b21-12-. The van der Waals surface area contributed by atoms with Crippen molar-refractivity contribution < 1.29 is 4.79 Å². The monoisotopic (exact) mass is 423 g/mol. The molecule has 4 nitrogen and oxygen atoms in total. The minimum Gasteiger partial charge on any atom is -0.368 e. The summed E-state index contributed by atoms with van der Waals surface area (Å²) in [6.07, 6.45) is 5.08. The number of nitrogens with zero attached hydrogens (tertiary/aromatic N) is 1. The fourth-order valence-electron chi connectivity index (χ4n) is 4.02. The Morgan fingerprint density at radius 2 is 2.03 bits per heavy atom. The van der Waals surface area contributed by atoms with E-state index in [4.69, 9.17) is 18.0 Å². The average Bonchev–Trinajstić information content (AvgIpc) is 3.05. The van der Waals surface area contributed by atoms with E-state index in [1.807, 2.05) is 18.2 Å². The van der Waals surface area contributed by atoms with Crippen LogP contribution in [0, 0.1) is 0 Å². The van der Waals surface area contributed by atoms with Gasteiger partial charge in [-0.2, -0.15) is 0 Å². The van der Waals surface area contributed by atoms with Gasteiger partial charge < -0.3 is 16.0 Å². The Kier molecular flexibility index (Phi) is 6.04. The van der Waals surface area contributed by atoms with Crippen LogP contribution in [0.2, 0.25) is 0 Å². The Labute approximate surface area is 181 Å². The van der Waals surface area contributed by atoms with Crippen molar-refractivity contribution in [3.05, 3.63) is 59.0 Å². The third-order valence-electron chi connectivity index (χ3n) is 5.59. The van der Waals surface area contributed by atoms with Gasteiger partial charge in [0.15, 0.2) is 0 Å². The Hall–Kier alpha value is -2.15. The molecule has 0 aromatic heterocycles. The number of nitrogens with one attached hydrogen (secondary N) is 1. The van der Waals surface area contributed by atoms with Crippen LogP contribution in [0.5, 0.6) is 0 Å². The van der Waals surface area contributed by atoms with Crippen LogP contribution in [0.15, 0.2) is 53.4 Å². The SMILES string of the molecule is CCC1CC(N)CCN1c1cccc(-c2ccc(/C=C3\SC(=S)NC3=O)cc2)c1. The minimum atomic E-state index is -0.122. The summed E-state index contributed by atoms with van der Waals surface area (Å²) in [5, 5.41) is 2.65. The van der Waals surface area contributed by atoms with Crippen LogP contribution in [-0.2, 0) is 4.79 Å². The van der Waals surface area contributed by atoms with Crippen LogP contribution in [-0.4, -0.2) is 28.9 Å². The molecule has 2 unspecified atom stereocenters. The molecular formula is C23H25N3OS2. The first-order valence-corrected chi connectivity index (χ1v) is 11.2. The van der Waals surface area contributed by atoms with E-state index in [0.717, 1.165) is 36.9 Å². The van der Waals surface area contributed by atoms with Crippen LogP contribution in [0.4, 0.5) is 5.69 Å². The number of hydrogen-bond acceptors (Lipinski definition) is 5. The second-order valence-corrected chi connectivity index (χ2v) is 9.28. The van der Waals surface area contributed by atoms with E-state index in [9.17, 15) is 4.79 Å². The summed E-state index contributed by atoms with van der Waals surface area (Å²) in [4.78, 5) is 15.0. The smallest absolute Gasteiger partial charge is 0.263 e. The predicted molar refractivity (Wildman–Crippen MR) is 127 cm³/mol. The summed E-state index contributed by atoms with van der Waals surface area (Å²) in [7, 11) is 0. The molecule has 2 aromatic rings. The molecule has 150 valence electrons. The summed E-state index contributed by atoms with van der Waals surface area (Å²) in [5.41, 5.74) is 10.8. The Bertz CT molecular complexity index is 955. The van der Waals surface area contributed by atoms with Gasteiger partial charge in [-0.15, -0.1) is 0 Å². The molecule has 2 atom stereocenters. The van der Waals surface area contributed by atoms with Gasteiger partial charge in [0.05, 0.1) is 4.91 Å². The number of thiocarbonyl (C=S) groups is 1. The van der Waals surface area contributed by atoms with E-state index < -0.39 is 0 Å². The summed E-state index contributed by atoms with van der Waals surface area (Å²) in [6, 6.07) is 17.8. The largest absolute Gasteiger partial charge is 0.368 e. The molecule has 6 heteroatoms. The fourth-order valence-corrected chi connectivity index (χ4v) is 5.06. The maximum absolute atomic E-state index is 11.8. The van der Waals surface area contributed by atoms with Gasteiger partial charge in [0, 0.05) is 24.3 Å². The summed E-state index contributed by atoms with van der Waals surface area (Å²) in [6.45, 7) is 3.25. The number of hydrogen-bond donors (Lipinski definition) is 2. The van der Waals surface area contributed by atoms with Gasteiger partial charge in [0.1, 0.15) is 4.32 Å². The molecule has 1 amide bonds. The maximum atomic E-state index is 11.8. The lowest BCUT2D eigenvalue weighted by Crippen LogP contribution is -2.46. The number of carbonyl (C=O) groups excluding carboxylic acids is 1. The number of amides is 1. The van der Waals surface area contributed by atoms with Crippen LogP contribution < -0.4 is 16.0 Å². The Balaban J connectivity index is 1.55. The Morgan fingerprint density at radius 1 is 1.24 bits per heavy atom. The van der Waals surface area contributed by atoms with Crippen molar-refractivity contribution in [3.8, 4) is 11.1 Å². The number of benzene rings is 2. The molecule has 2 saturated heterocycles. The molecule has 0 radical (unpaired) electrons. The molecule has 2 aliphatic rings. The number of thioether (sulfide) groups is 1. The van der Waals surface area contributed by atoms with E-state index in [1.165, 1.54) is 23.0 Å². The predicted octanol–water partition coefficient (Wildman–Crippen LogP) is 4.55. The van der Waals surface area contributed by atoms with E-state index in [2.05, 4.69) is 53.5 Å². The van der Waals surface area contributed by atoms with Gasteiger partial charge >= 0.3 is 0 Å². The lowest BCUT2D eigenvalue weighted by Gasteiger charge is -2.40. The molecule has 0 spiro atoms. The van der Waals surface area contributed by atoms with Crippen molar-refractivity contribution in [1.82, 2.24) is 5.32 Å². The van der Waals surface area contributed by atoms with E-state index in [0.29, 0.717) is 21.3 Å². The number of carbonyl (C=O) groups is 1. The second-order valence-electron chi connectivity index (χ2n) is 7.56. The summed E-state index contributed by atoms with van der Waals surface area (Å²) in [5.74, 6) is -0.122. The average molecular weight is 424 g/mol. The Morgan fingerprint density at radius 3 is 2.72 bits per heavy atom. The highest BCUT2D eigenvalue weighted by molar-refractivity contribution is 8.26. The van der Waals surface area contributed by atoms with Crippen molar-refractivity contribution >= 4 is 46.0 Å². The highest BCUT2D eigenvalue weighted by Gasteiger charge is 2.25. The zero-order valence-corrected chi connectivity index (χ0v) is 18.1. The van der Waals surface area contributed by atoms with Crippen molar-refractivity contribution in [2.45, 2.75) is 38.3 Å². The molecule has 0 aliphatic carbocycles. The second kappa shape index (κ2) is 8.69. The van der Waals surface area contributed by atoms with Gasteiger partial charge in [-0.05, 0) is 54.2 Å². The van der Waals surface area contributed by atoms with E-state index in [-0.39, 0.29) is 5.91 Å². The lowest BCUT2D eigenvalue weighted by molar-refractivity contribution is -0.115. The number of nitrogens with two attached hydrogens (primary N) is 1. The van der Waals surface area contributed by atoms with Crippen molar-refractivity contribution in [2.75, 3.05) is 11.4 Å². The first kappa shape index (κ1) is 20.1. The maximum Gasteiger partial charge on any atom is 0.263 e. The molecule has 2 heterocycles. The third-order valence-corrected chi connectivity index (χ3v) is 6.75. The zero-order chi connectivity index (χ0) is 20.4. The van der Waals surface area contributed by atoms with Crippen LogP contribution >= 0.6 is 24.0 Å². The van der Waals surface area contributed by atoms with Crippen molar-refractivity contribution in [2.24, 2.45) is 5.73 Å². The zero-order valence-electron chi connectivity index (χ0n) is 16.4. The van der Waals surface area contributed by atoms with Gasteiger partial charge in [-0.25, -0.2) is 0 Å². The molecular weight excluding hydrogens is 398 g/mol. The van der Waals surface area contributed by atoms with Crippen LogP contribution in [0.25, 0.3) is 17.2 Å². The number of rotatable bonds is 4. The molecule has 2 aliphatic heterocycles.